The molecule has 0 aromatic rings. The Balaban J connectivity index is 2.46. The Morgan fingerprint density at radius 2 is 1.94 bits per heavy atom. The fourth-order valence-electron chi connectivity index (χ4n) is 2.80. The average molecular weight is 272 g/mol. The van der Waals surface area contributed by atoms with Crippen LogP contribution in [0, 0.1) is 17.3 Å². The molecular weight excluding hydrogens is 238 g/mol. The van der Waals surface area contributed by atoms with Gasteiger partial charge in [0.2, 0.25) is 0 Å². The summed E-state index contributed by atoms with van der Waals surface area (Å²) in [5.41, 5.74) is 6.82. The van der Waals surface area contributed by atoms with Gasteiger partial charge in [-0.15, -0.1) is 0 Å². The zero-order valence-corrected chi connectivity index (χ0v) is 13.9. The third kappa shape index (κ3) is 4.77. The van der Waals surface area contributed by atoms with Crippen molar-refractivity contribution < 1.29 is 0 Å². The van der Waals surface area contributed by atoms with E-state index < -0.39 is 0 Å². The van der Waals surface area contributed by atoms with E-state index in [1.165, 1.54) is 37.9 Å². The van der Waals surface area contributed by atoms with E-state index in [1.807, 2.05) is 0 Å². The van der Waals surface area contributed by atoms with Crippen molar-refractivity contribution in [2.75, 3.05) is 5.75 Å². The van der Waals surface area contributed by atoms with E-state index in [-0.39, 0.29) is 0 Å². The normalized spacial score (nSPS) is 29.8. The van der Waals surface area contributed by atoms with Gasteiger partial charge in [0.05, 0.1) is 0 Å². The molecular formula is C16H33NS. The molecule has 0 amide bonds. The summed E-state index contributed by atoms with van der Waals surface area (Å²) in [4.78, 5) is 0. The lowest BCUT2D eigenvalue weighted by atomic mass is 9.69. The second-order valence-corrected chi connectivity index (χ2v) is 8.45. The zero-order valence-electron chi connectivity index (χ0n) is 13.0. The van der Waals surface area contributed by atoms with Gasteiger partial charge in [-0.25, -0.2) is 0 Å². The summed E-state index contributed by atoms with van der Waals surface area (Å²) < 4.78 is 0. The number of hydrogen-bond donors (Lipinski definition) is 1. The first-order valence-electron chi connectivity index (χ1n) is 7.74. The average Bonchev–Trinajstić information content (AvgIpc) is 2.31. The maximum absolute atomic E-state index is 6.32. The Morgan fingerprint density at radius 1 is 1.28 bits per heavy atom. The van der Waals surface area contributed by atoms with Crippen LogP contribution in [0.2, 0.25) is 0 Å². The van der Waals surface area contributed by atoms with Crippen LogP contribution in [-0.2, 0) is 0 Å². The number of thioether (sulfide) groups is 1. The molecule has 1 aliphatic rings. The van der Waals surface area contributed by atoms with E-state index in [0.29, 0.717) is 16.7 Å². The smallest absolute Gasteiger partial charge is 0.0201 e. The molecule has 0 aromatic heterocycles. The van der Waals surface area contributed by atoms with Gasteiger partial charge in [0.1, 0.15) is 0 Å². The van der Waals surface area contributed by atoms with Gasteiger partial charge in [-0.1, -0.05) is 41.0 Å². The molecule has 0 aromatic carbocycles. The topological polar surface area (TPSA) is 26.0 Å². The quantitative estimate of drug-likeness (QED) is 0.758. The summed E-state index contributed by atoms with van der Waals surface area (Å²) in [5, 5.41) is 0.702. The first-order chi connectivity index (χ1) is 8.36. The minimum absolute atomic E-state index is 0.436. The standard InChI is InChI=1S/C16H33NS/c1-6-16(4,5)13-7-8-14(17)15(11-13)18-10-9-12(2)3/h12-15H,6-11,17H2,1-5H3. The van der Waals surface area contributed by atoms with Crippen LogP contribution >= 0.6 is 11.8 Å². The molecule has 0 bridgehead atoms. The van der Waals surface area contributed by atoms with Crippen molar-refractivity contribution in [2.45, 2.75) is 78.0 Å². The van der Waals surface area contributed by atoms with Crippen molar-refractivity contribution in [3.8, 4) is 0 Å². The van der Waals surface area contributed by atoms with E-state index in [4.69, 9.17) is 5.73 Å². The molecule has 108 valence electrons. The molecule has 1 nitrogen and oxygen atoms in total. The van der Waals surface area contributed by atoms with Crippen molar-refractivity contribution in [3.63, 3.8) is 0 Å². The van der Waals surface area contributed by atoms with Gasteiger partial charge in [0, 0.05) is 11.3 Å². The predicted octanol–water partition coefficient (Wildman–Crippen LogP) is 4.70. The van der Waals surface area contributed by atoms with Crippen LogP contribution in [0.3, 0.4) is 0 Å². The van der Waals surface area contributed by atoms with Crippen molar-refractivity contribution in [2.24, 2.45) is 23.0 Å². The lowest BCUT2D eigenvalue weighted by Crippen LogP contribution is -2.42. The van der Waals surface area contributed by atoms with E-state index in [0.717, 1.165) is 11.8 Å². The van der Waals surface area contributed by atoms with Crippen molar-refractivity contribution >= 4 is 11.8 Å². The molecule has 0 spiro atoms. The lowest BCUT2D eigenvalue weighted by molar-refractivity contribution is 0.148. The monoisotopic (exact) mass is 271 g/mol. The molecule has 18 heavy (non-hydrogen) atoms. The summed E-state index contributed by atoms with van der Waals surface area (Å²) in [6.45, 7) is 11.8. The minimum atomic E-state index is 0.436. The van der Waals surface area contributed by atoms with Crippen LogP contribution in [-0.4, -0.2) is 17.0 Å². The van der Waals surface area contributed by atoms with E-state index in [9.17, 15) is 0 Å². The highest BCUT2D eigenvalue weighted by molar-refractivity contribution is 7.99. The van der Waals surface area contributed by atoms with Crippen LogP contribution in [0.15, 0.2) is 0 Å². The molecule has 2 heteroatoms. The van der Waals surface area contributed by atoms with Crippen molar-refractivity contribution in [1.29, 1.82) is 0 Å². The Hall–Kier alpha value is 0.310. The SMILES string of the molecule is CCC(C)(C)C1CCC(N)C(SCCC(C)C)C1. The van der Waals surface area contributed by atoms with Crippen molar-refractivity contribution in [3.05, 3.63) is 0 Å². The molecule has 3 atom stereocenters. The van der Waals surface area contributed by atoms with Gasteiger partial charge < -0.3 is 5.73 Å². The molecule has 1 aliphatic carbocycles. The lowest BCUT2D eigenvalue weighted by Gasteiger charge is -2.42. The van der Waals surface area contributed by atoms with Gasteiger partial charge in [-0.2, -0.15) is 11.8 Å². The molecule has 0 aliphatic heterocycles. The number of nitrogens with two attached hydrogens (primary N) is 1. The van der Waals surface area contributed by atoms with Crippen molar-refractivity contribution in [1.82, 2.24) is 0 Å². The first-order valence-corrected chi connectivity index (χ1v) is 8.79. The summed E-state index contributed by atoms with van der Waals surface area (Å²) in [6.07, 6.45) is 6.52. The number of hydrogen-bond acceptors (Lipinski definition) is 2. The van der Waals surface area contributed by atoms with Crippen LogP contribution in [0.25, 0.3) is 0 Å². The summed E-state index contributed by atoms with van der Waals surface area (Å²) >= 11 is 2.14. The molecule has 0 heterocycles. The maximum Gasteiger partial charge on any atom is 0.0201 e. The molecule has 1 rings (SSSR count). The fraction of sp³-hybridized carbons (Fsp3) is 1.00. The molecule has 1 fully saturated rings. The van der Waals surface area contributed by atoms with E-state index in [1.54, 1.807) is 0 Å². The van der Waals surface area contributed by atoms with E-state index >= 15 is 0 Å². The summed E-state index contributed by atoms with van der Waals surface area (Å²) in [5.74, 6) is 2.98. The van der Waals surface area contributed by atoms with Crippen LogP contribution in [0.1, 0.15) is 66.7 Å². The van der Waals surface area contributed by atoms with Gasteiger partial charge in [-0.05, 0) is 48.7 Å². The Bertz CT molecular complexity index is 237. The van der Waals surface area contributed by atoms with Crippen LogP contribution in [0.5, 0.6) is 0 Å². The molecule has 3 unspecified atom stereocenters. The second-order valence-electron chi connectivity index (χ2n) is 7.11. The van der Waals surface area contributed by atoms with Crippen LogP contribution in [0.4, 0.5) is 0 Å². The molecule has 0 saturated heterocycles. The largest absolute Gasteiger partial charge is 0.327 e. The van der Waals surface area contributed by atoms with Gasteiger partial charge >= 0.3 is 0 Å². The first kappa shape index (κ1) is 16.4. The van der Waals surface area contributed by atoms with E-state index in [2.05, 4.69) is 46.4 Å². The fourth-order valence-corrected chi connectivity index (χ4v) is 4.46. The predicted molar refractivity (Wildman–Crippen MR) is 85.1 cm³/mol. The molecule has 0 radical (unpaired) electrons. The van der Waals surface area contributed by atoms with Gasteiger partial charge in [0.15, 0.2) is 0 Å². The van der Waals surface area contributed by atoms with Gasteiger partial charge in [0.25, 0.3) is 0 Å². The minimum Gasteiger partial charge on any atom is -0.327 e. The Kier molecular flexibility index (Phi) is 6.54. The second kappa shape index (κ2) is 7.19. The summed E-state index contributed by atoms with van der Waals surface area (Å²) in [7, 11) is 0. The highest BCUT2D eigenvalue weighted by Gasteiger charge is 2.35. The molecule has 1 saturated carbocycles. The maximum atomic E-state index is 6.32. The Morgan fingerprint density at radius 3 is 2.50 bits per heavy atom. The molecule has 2 N–H and O–H groups in total. The van der Waals surface area contributed by atoms with Crippen LogP contribution < -0.4 is 5.73 Å². The Labute approximate surface area is 119 Å². The van der Waals surface area contributed by atoms with Gasteiger partial charge in [-0.3, -0.25) is 0 Å². The number of rotatable bonds is 6. The highest BCUT2D eigenvalue weighted by atomic mass is 32.2. The third-order valence-electron chi connectivity index (χ3n) is 4.89. The third-order valence-corrected chi connectivity index (χ3v) is 6.33. The zero-order chi connectivity index (χ0) is 13.8. The summed E-state index contributed by atoms with van der Waals surface area (Å²) in [6, 6.07) is 0.436. The highest BCUT2D eigenvalue weighted by Crippen LogP contribution is 2.43.